The fourth-order valence-corrected chi connectivity index (χ4v) is 4.54. The summed E-state index contributed by atoms with van der Waals surface area (Å²) in [6, 6.07) is 3.14. The summed E-state index contributed by atoms with van der Waals surface area (Å²) in [6.45, 7) is -0.259. The van der Waals surface area contributed by atoms with Crippen LogP contribution >= 0.6 is 11.6 Å². The fourth-order valence-electron chi connectivity index (χ4n) is 2.55. The van der Waals surface area contributed by atoms with Crippen molar-refractivity contribution in [1.29, 1.82) is 0 Å². The SMILES string of the molecule is O=S(=O)(NC1(CO)CCCCC1)c1ccc(F)cc1Cl. The van der Waals surface area contributed by atoms with Gasteiger partial charge in [0.25, 0.3) is 0 Å². The van der Waals surface area contributed by atoms with E-state index in [1.807, 2.05) is 0 Å². The molecule has 1 saturated carbocycles. The number of nitrogens with one attached hydrogen (secondary N) is 1. The monoisotopic (exact) mass is 321 g/mol. The Morgan fingerprint density at radius 2 is 1.95 bits per heavy atom. The quantitative estimate of drug-likeness (QED) is 0.895. The summed E-state index contributed by atoms with van der Waals surface area (Å²) in [5.41, 5.74) is -0.838. The zero-order chi connectivity index (χ0) is 14.8. The summed E-state index contributed by atoms with van der Waals surface area (Å²) in [5, 5.41) is 9.38. The van der Waals surface area contributed by atoms with Crippen molar-refractivity contribution in [3.05, 3.63) is 29.0 Å². The molecule has 1 aliphatic carbocycles. The Bertz CT molecular complexity index is 585. The van der Waals surface area contributed by atoms with Crippen LogP contribution in [0.15, 0.2) is 23.1 Å². The highest BCUT2D eigenvalue weighted by Crippen LogP contribution is 2.31. The maximum absolute atomic E-state index is 13.0. The van der Waals surface area contributed by atoms with E-state index in [0.717, 1.165) is 37.5 Å². The lowest BCUT2D eigenvalue weighted by Crippen LogP contribution is -2.52. The smallest absolute Gasteiger partial charge is 0.242 e. The van der Waals surface area contributed by atoms with Gasteiger partial charge in [-0.15, -0.1) is 0 Å². The Morgan fingerprint density at radius 3 is 2.50 bits per heavy atom. The van der Waals surface area contributed by atoms with Gasteiger partial charge >= 0.3 is 0 Å². The minimum absolute atomic E-state index is 0.165. The highest BCUT2D eigenvalue weighted by molar-refractivity contribution is 7.89. The molecule has 1 aromatic carbocycles. The van der Waals surface area contributed by atoms with E-state index >= 15 is 0 Å². The Kier molecular flexibility index (Phi) is 4.69. The molecule has 112 valence electrons. The van der Waals surface area contributed by atoms with E-state index in [9.17, 15) is 17.9 Å². The molecule has 2 N–H and O–H groups in total. The summed E-state index contributed by atoms with van der Waals surface area (Å²) in [6.07, 6.45) is 3.92. The third-order valence-electron chi connectivity index (χ3n) is 3.65. The first-order valence-corrected chi connectivity index (χ1v) is 8.35. The van der Waals surface area contributed by atoms with Crippen LogP contribution in [0.5, 0.6) is 0 Å². The molecule has 1 aromatic rings. The standard InChI is InChI=1S/C13H17ClFNO3S/c14-11-8-10(15)4-5-12(11)20(18,19)16-13(9-17)6-2-1-3-7-13/h4-5,8,16-17H,1-3,6-7,9H2. The molecule has 20 heavy (non-hydrogen) atoms. The summed E-state index contributed by atoms with van der Waals surface area (Å²) < 4.78 is 40.3. The third kappa shape index (κ3) is 3.31. The molecule has 0 radical (unpaired) electrons. The van der Waals surface area contributed by atoms with Gasteiger partial charge in [-0.3, -0.25) is 0 Å². The normalized spacial score (nSPS) is 18.9. The van der Waals surface area contributed by atoms with Crippen molar-refractivity contribution in [3.63, 3.8) is 0 Å². The van der Waals surface area contributed by atoms with Crippen molar-refractivity contribution in [2.24, 2.45) is 0 Å². The van der Waals surface area contributed by atoms with Crippen molar-refractivity contribution in [2.75, 3.05) is 6.61 Å². The Hall–Kier alpha value is -0.690. The van der Waals surface area contributed by atoms with Crippen LogP contribution in [0.25, 0.3) is 0 Å². The van der Waals surface area contributed by atoms with Gasteiger partial charge in [0, 0.05) is 0 Å². The highest BCUT2D eigenvalue weighted by atomic mass is 35.5. The Labute approximate surface area is 123 Å². The first kappa shape index (κ1) is 15.7. The molecule has 7 heteroatoms. The van der Waals surface area contributed by atoms with E-state index in [1.54, 1.807) is 0 Å². The number of aliphatic hydroxyl groups excluding tert-OH is 1. The van der Waals surface area contributed by atoms with Gasteiger partial charge in [0.15, 0.2) is 0 Å². The van der Waals surface area contributed by atoms with Gasteiger partial charge in [0.05, 0.1) is 17.2 Å². The molecule has 0 aromatic heterocycles. The van der Waals surface area contributed by atoms with Crippen LogP contribution in [0.3, 0.4) is 0 Å². The summed E-state index contributed by atoms with van der Waals surface area (Å²) in [4.78, 5) is -0.168. The topological polar surface area (TPSA) is 66.4 Å². The molecule has 0 amide bonds. The minimum Gasteiger partial charge on any atom is -0.394 e. The second-order valence-corrected chi connectivity index (χ2v) is 7.24. The minimum atomic E-state index is -3.89. The number of hydrogen-bond acceptors (Lipinski definition) is 3. The molecule has 0 heterocycles. The lowest BCUT2D eigenvalue weighted by Gasteiger charge is -2.36. The number of halogens is 2. The first-order chi connectivity index (χ1) is 9.38. The van der Waals surface area contributed by atoms with E-state index < -0.39 is 21.4 Å². The summed E-state index contributed by atoms with van der Waals surface area (Å²) >= 11 is 5.80. The molecule has 0 aliphatic heterocycles. The van der Waals surface area contributed by atoms with Crippen LogP contribution in [-0.4, -0.2) is 25.7 Å². The lowest BCUT2D eigenvalue weighted by atomic mass is 9.83. The maximum Gasteiger partial charge on any atom is 0.242 e. The molecule has 0 bridgehead atoms. The molecule has 0 saturated heterocycles. The molecule has 1 aliphatic rings. The number of sulfonamides is 1. The Balaban J connectivity index is 2.30. The fraction of sp³-hybridized carbons (Fsp3) is 0.538. The van der Waals surface area contributed by atoms with E-state index in [-0.39, 0.29) is 16.5 Å². The van der Waals surface area contributed by atoms with E-state index in [4.69, 9.17) is 11.6 Å². The maximum atomic E-state index is 13.0. The predicted molar refractivity (Wildman–Crippen MR) is 74.6 cm³/mol. The molecule has 1 fully saturated rings. The molecule has 4 nitrogen and oxygen atoms in total. The van der Waals surface area contributed by atoms with Crippen molar-refractivity contribution >= 4 is 21.6 Å². The van der Waals surface area contributed by atoms with Gasteiger partial charge in [-0.2, -0.15) is 0 Å². The second kappa shape index (κ2) is 5.97. The van der Waals surface area contributed by atoms with Crippen LogP contribution in [-0.2, 0) is 10.0 Å². The number of aliphatic hydroxyl groups is 1. The summed E-state index contributed by atoms with van der Waals surface area (Å²) in [7, 11) is -3.89. The predicted octanol–water partition coefficient (Wildman–Crippen LogP) is 2.45. The van der Waals surface area contributed by atoms with Gasteiger partial charge in [0.1, 0.15) is 10.7 Å². The number of rotatable bonds is 4. The Morgan fingerprint density at radius 1 is 1.30 bits per heavy atom. The molecular formula is C13H17ClFNO3S. The van der Waals surface area contributed by atoms with Crippen LogP contribution in [0.1, 0.15) is 32.1 Å². The zero-order valence-corrected chi connectivity index (χ0v) is 12.5. The number of hydrogen-bond donors (Lipinski definition) is 2. The average molecular weight is 322 g/mol. The van der Waals surface area contributed by atoms with Gasteiger partial charge in [-0.25, -0.2) is 17.5 Å². The van der Waals surface area contributed by atoms with Gasteiger partial charge < -0.3 is 5.11 Å². The molecule has 0 atom stereocenters. The van der Waals surface area contributed by atoms with Crippen LogP contribution in [0.4, 0.5) is 4.39 Å². The highest BCUT2D eigenvalue weighted by Gasteiger charge is 2.36. The molecule has 2 rings (SSSR count). The third-order valence-corrected chi connectivity index (χ3v) is 5.71. The van der Waals surface area contributed by atoms with Gasteiger partial charge in [-0.05, 0) is 31.0 Å². The van der Waals surface area contributed by atoms with Crippen LogP contribution < -0.4 is 4.72 Å². The lowest BCUT2D eigenvalue weighted by molar-refractivity contribution is 0.142. The van der Waals surface area contributed by atoms with Crippen molar-refractivity contribution < 1.29 is 17.9 Å². The van der Waals surface area contributed by atoms with Crippen molar-refractivity contribution in [2.45, 2.75) is 42.5 Å². The van der Waals surface area contributed by atoms with Crippen LogP contribution in [0.2, 0.25) is 5.02 Å². The van der Waals surface area contributed by atoms with Crippen molar-refractivity contribution in [1.82, 2.24) is 4.72 Å². The van der Waals surface area contributed by atoms with E-state index in [1.165, 1.54) is 0 Å². The van der Waals surface area contributed by atoms with Gasteiger partial charge in [-0.1, -0.05) is 30.9 Å². The summed E-state index contributed by atoms with van der Waals surface area (Å²) in [5.74, 6) is -0.594. The molecular weight excluding hydrogens is 305 g/mol. The molecule has 0 spiro atoms. The largest absolute Gasteiger partial charge is 0.394 e. The molecule has 0 unspecified atom stereocenters. The zero-order valence-electron chi connectivity index (χ0n) is 10.9. The first-order valence-electron chi connectivity index (χ1n) is 6.48. The van der Waals surface area contributed by atoms with E-state index in [0.29, 0.717) is 12.8 Å². The number of benzene rings is 1. The average Bonchev–Trinajstić information content (AvgIpc) is 2.38. The second-order valence-electron chi connectivity index (χ2n) is 5.18. The van der Waals surface area contributed by atoms with E-state index in [2.05, 4.69) is 4.72 Å². The van der Waals surface area contributed by atoms with Gasteiger partial charge in [0.2, 0.25) is 10.0 Å². The van der Waals surface area contributed by atoms with Crippen LogP contribution in [0, 0.1) is 5.82 Å². The van der Waals surface area contributed by atoms with Crippen molar-refractivity contribution in [3.8, 4) is 0 Å².